The highest BCUT2D eigenvalue weighted by molar-refractivity contribution is 5.97. The van der Waals surface area contributed by atoms with E-state index < -0.39 is 5.41 Å². The van der Waals surface area contributed by atoms with Crippen LogP contribution in [0.25, 0.3) is 0 Å². The second-order valence-electron chi connectivity index (χ2n) is 5.00. The first kappa shape index (κ1) is 16.2. The van der Waals surface area contributed by atoms with Crippen molar-refractivity contribution in [1.29, 1.82) is 5.26 Å². The Bertz CT molecular complexity index is 468. The summed E-state index contributed by atoms with van der Waals surface area (Å²) in [6.45, 7) is 3.93. The molecule has 0 saturated carbocycles. The molecule has 0 aromatic heterocycles. The molecule has 0 unspecified atom stereocenters. The maximum absolute atomic E-state index is 12.4. The zero-order valence-electron chi connectivity index (χ0n) is 12.1. The largest absolute Gasteiger partial charge is 0.392 e. The van der Waals surface area contributed by atoms with Crippen LogP contribution < -0.4 is 5.32 Å². The van der Waals surface area contributed by atoms with Gasteiger partial charge >= 0.3 is 0 Å². The number of nitrogens with one attached hydrogen (secondary N) is 1. The average Bonchev–Trinajstić information content (AvgIpc) is 2.47. The summed E-state index contributed by atoms with van der Waals surface area (Å²) >= 11 is 0. The Morgan fingerprint density at radius 2 is 1.80 bits per heavy atom. The van der Waals surface area contributed by atoms with Gasteiger partial charge in [0.2, 0.25) is 5.91 Å². The predicted molar refractivity (Wildman–Crippen MR) is 78.9 cm³/mol. The van der Waals surface area contributed by atoms with Gasteiger partial charge in [-0.15, -0.1) is 0 Å². The first-order valence-corrected chi connectivity index (χ1v) is 7.04. The van der Waals surface area contributed by atoms with Gasteiger partial charge in [0.05, 0.1) is 12.7 Å². The number of nitrogens with zero attached hydrogens (tertiary/aromatic N) is 1. The number of benzene rings is 1. The van der Waals surface area contributed by atoms with Gasteiger partial charge in [0, 0.05) is 5.69 Å². The summed E-state index contributed by atoms with van der Waals surface area (Å²) in [4.78, 5) is 12.4. The Labute approximate surface area is 120 Å². The van der Waals surface area contributed by atoms with Crippen molar-refractivity contribution < 1.29 is 9.90 Å². The lowest BCUT2D eigenvalue weighted by Gasteiger charge is -2.24. The maximum Gasteiger partial charge on any atom is 0.244 e. The number of aliphatic hydroxyl groups is 1. The molecule has 0 atom stereocenters. The molecule has 0 heterocycles. The van der Waals surface area contributed by atoms with Crippen LogP contribution in [0.15, 0.2) is 24.3 Å². The fourth-order valence-corrected chi connectivity index (χ4v) is 2.31. The molecule has 0 fully saturated rings. The Hall–Kier alpha value is -1.86. The Morgan fingerprint density at radius 1 is 1.25 bits per heavy atom. The lowest BCUT2D eigenvalue weighted by Crippen LogP contribution is -2.35. The van der Waals surface area contributed by atoms with Gasteiger partial charge in [-0.2, -0.15) is 5.26 Å². The highest BCUT2D eigenvalue weighted by atomic mass is 16.3. The van der Waals surface area contributed by atoms with E-state index in [9.17, 15) is 10.1 Å². The molecule has 4 nitrogen and oxygen atoms in total. The van der Waals surface area contributed by atoms with E-state index in [0.29, 0.717) is 18.5 Å². The highest BCUT2D eigenvalue weighted by Crippen LogP contribution is 2.30. The summed E-state index contributed by atoms with van der Waals surface area (Å²) in [6, 6.07) is 9.19. The lowest BCUT2D eigenvalue weighted by atomic mass is 9.79. The van der Waals surface area contributed by atoms with Crippen LogP contribution in [0.5, 0.6) is 0 Å². The smallest absolute Gasteiger partial charge is 0.244 e. The average molecular weight is 274 g/mol. The number of carbonyl (C=O) groups is 1. The van der Waals surface area contributed by atoms with Gasteiger partial charge in [0.25, 0.3) is 0 Å². The molecule has 4 heteroatoms. The summed E-state index contributed by atoms with van der Waals surface area (Å²) < 4.78 is 0. The van der Waals surface area contributed by atoms with Gasteiger partial charge < -0.3 is 10.4 Å². The molecule has 1 amide bonds. The number of anilines is 1. The summed E-state index contributed by atoms with van der Waals surface area (Å²) in [6.07, 6.45) is 2.73. The van der Waals surface area contributed by atoms with E-state index in [0.717, 1.165) is 18.4 Å². The number of amides is 1. The minimum atomic E-state index is -0.945. The van der Waals surface area contributed by atoms with Gasteiger partial charge in [-0.05, 0) is 30.5 Å². The maximum atomic E-state index is 12.4. The standard InChI is InChI=1S/C16H22N2O2/c1-3-9-16(12-17,10-4-2)15(20)18-14-7-5-13(11-19)6-8-14/h5-8,19H,3-4,9-11H2,1-2H3,(H,18,20). The zero-order valence-corrected chi connectivity index (χ0v) is 12.1. The molecule has 20 heavy (non-hydrogen) atoms. The van der Waals surface area contributed by atoms with Crippen LogP contribution in [0.2, 0.25) is 0 Å². The topological polar surface area (TPSA) is 73.1 Å². The number of aliphatic hydroxyl groups excluding tert-OH is 1. The SMILES string of the molecule is CCCC(C#N)(CCC)C(=O)Nc1ccc(CO)cc1. The first-order valence-electron chi connectivity index (χ1n) is 7.04. The van der Waals surface area contributed by atoms with Crippen molar-refractivity contribution in [3.05, 3.63) is 29.8 Å². The van der Waals surface area contributed by atoms with E-state index >= 15 is 0 Å². The number of nitriles is 1. The zero-order chi connectivity index (χ0) is 15.0. The third kappa shape index (κ3) is 3.82. The monoisotopic (exact) mass is 274 g/mol. The van der Waals surface area contributed by atoms with Crippen molar-refractivity contribution in [2.24, 2.45) is 5.41 Å². The molecule has 0 spiro atoms. The number of carbonyl (C=O) groups excluding carboxylic acids is 1. The molecular weight excluding hydrogens is 252 g/mol. The molecule has 0 aliphatic rings. The van der Waals surface area contributed by atoms with Gasteiger partial charge in [-0.25, -0.2) is 0 Å². The lowest BCUT2D eigenvalue weighted by molar-refractivity contribution is -0.123. The number of hydrogen-bond donors (Lipinski definition) is 2. The van der Waals surface area contributed by atoms with Gasteiger partial charge in [0.15, 0.2) is 0 Å². The van der Waals surface area contributed by atoms with Crippen molar-refractivity contribution in [1.82, 2.24) is 0 Å². The molecule has 0 bridgehead atoms. The van der Waals surface area contributed by atoms with E-state index in [-0.39, 0.29) is 12.5 Å². The second-order valence-corrected chi connectivity index (χ2v) is 5.00. The fraction of sp³-hybridized carbons (Fsp3) is 0.500. The van der Waals surface area contributed by atoms with Crippen molar-refractivity contribution in [3.63, 3.8) is 0 Å². The molecule has 108 valence electrons. The fourth-order valence-electron chi connectivity index (χ4n) is 2.31. The van der Waals surface area contributed by atoms with Gasteiger partial charge in [-0.3, -0.25) is 4.79 Å². The minimum Gasteiger partial charge on any atom is -0.392 e. The molecule has 0 saturated heterocycles. The van der Waals surface area contributed by atoms with Crippen molar-refractivity contribution in [2.75, 3.05) is 5.32 Å². The van der Waals surface area contributed by atoms with Gasteiger partial charge in [0.1, 0.15) is 5.41 Å². The van der Waals surface area contributed by atoms with E-state index in [1.165, 1.54) is 0 Å². The molecule has 1 aromatic rings. The van der Waals surface area contributed by atoms with Gasteiger partial charge in [-0.1, -0.05) is 38.8 Å². The van der Waals surface area contributed by atoms with Crippen LogP contribution in [0.3, 0.4) is 0 Å². The normalized spacial score (nSPS) is 10.9. The molecule has 1 rings (SSSR count). The first-order chi connectivity index (χ1) is 9.61. The van der Waals surface area contributed by atoms with E-state index in [1.54, 1.807) is 24.3 Å². The van der Waals surface area contributed by atoms with Crippen LogP contribution in [0.4, 0.5) is 5.69 Å². The molecular formula is C16H22N2O2. The Morgan fingerprint density at radius 3 is 2.20 bits per heavy atom. The van der Waals surface area contributed by atoms with Crippen LogP contribution in [0, 0.1) is 16.7 Å². The van der Waals surface area contributed by atoms with Crippen molar-refractivity contribution in [2.45, 2.75) is 46.1 Å². The minimum absolute atomic E-state index is 0.0258. The summed E-state index contributed by atoms with van der Waals surface area (Å²) in [5.41, 5.74) is 0.495. The van der Waals surface area contributed by atoms with Crippen LogP contribution in [-0.4, -0.2) is 11.0 Å². The second kappa shape index (κ2) is 7.66. The summed E-state index contributed by atoms with van der Waals surface area (Å²) in [5, 5.41) is 21.2. The van der Waals surface area contributed by atoms with Crippen LogP contribution >= 0.6 is 0 Å². The quantitative estimate of drug-likeness (QED) is 0.801. The van der Waals surface area contributed by atoms with Crippen molar-refractivity contribution >= 4 is 11.6 Å². The Balaban J connectivity index is 2.87. The highest BCUT2D eigenvalue weighted by Gasteiger charge is 2.36. The number of rotatable bonds is 7. The summed E-state index contributed by atoms with van der Waals surface area (Å²) in [7, 11) is 0. The molecule has 0 aliphatic heterocycles. The molecule has 2 N–H and O–H groups in total. The third-order valence-corrected chi connectivity index (χ3v) is 3.40. The Kier molecular flexibility index (Phi) is 6.20. The van der Waals surface area contributed by atoms with Crippen molar-refractivity contribution in [3.8, 4) is 6.07 Å². The van der Waals surface area contributed by atoms with Crippen LogP contribution in [0.1, 0.15) is 45.1 Å². The summed E-state index contributed by atoms with van der Waals surface area (Å²) in [5.74, 6) is -0.236. The van der Waals surface area contributed by atoms with E-state index in [1.807, 2.05) is 13.8 Å². The molecule has 0 aliphatic carbocycles. The van der Waals surface area contributed by atoms with Crippen LogP contribution in [-0.2, 0) is 11.4 Å². The third-order valence-electron chi connectivity index (χ3n) is 3.40. The predicted octanol–water partition coefficient (Wildman–Crippen LogP) is 3.23. The molecule has 1 aromatic carbocycles. The van der Waals surface area contributed by atoms with E-state index in [2.05, 4.69) is 11.4 Å². The van der Waals surface area contributed by atoms with E-state index in [4.69, 9.17) is 5.11 Å². The molecule has 0 radical (unpaired) electrons. The number of hydrogen-bond acceptors (Lipinski definition) is 3.